The summed E-state index contributed by atoms with van der Waals surface area (Å²) in [6, 6.07) is 12.7. The van der Waals surface area contributed by atoms with Gasteiger partial charge in [-0.3, -0.25) is 19.5 Å². The van der Waals surface area contributed by atoms with E-state index < -0.39 is 27.3 Å². The van der Waals surface area contributed by atoms with Gasteiger partial charge < -0.3 is 4.74 Å². The van der Waals surface area contributed by atoms with Crippen molar-refractivity contribution >= 4 is 27.4 Å². The average molecular weight is 418 g/mol. The second-order valence-electron chi connectivity index (χ2n) is 7.10. The maximum atomic E-state index is 12.5. The Morgan fingerprint density at radius 2 is 1.76 bits per heavy atom. The maximum Gasteiger partial charge on any atom is 0.261 e. The highest BCUT2D eigenvalue weighted by molar-refractivity contribution is 7.92. The Morgan fingerprint density at radius 1 is 1.14 bits per heavy atom. The molecule has 1 fully saturated rings. The van der Waals surface area contributed by atoms with E-state index in [4.69, 9.17) is 9.94 Å². The number of hydroxylamine groups is 1. The molecule has 2 aromatic carbocycles. The van der Waals surface area contributed by atoms with Gasteiger partial charge in [-0.25, -0.2) is 13.9 Å². The molecule has 29 heavy (non-hydrogen) atoms. The van der Waals surface area contributed by atoms with Crippen LogP contribution in [0.15, 0.2) is 53.4 Å². The standard InChI is InChI=1S/C20H22N2O6S/c1-13(23)20(12-18(20)19(24)21-25)11-14-3-5-15(6-4-14)22-29(26,27)17-9-7-16(28-2)8-10-17/h3-10,18,22,25H,11-12H2,1-2H3,(H,21,24)/t18?,20-/m1/s1. The SMILES string of the molecule is COc1ccc(S(=O)(=O)Nc2ccc(C[C@]3(C(C)=O)CC3C(=O)NO)cc2)cc1. The number of ether oxygens (including phenoxy) is 1. The van der Waals surface area contributed by atoms with Crippen LogP contribution in [0.5, 0.6) is 5.75 Å². The summed E-state index contributed by atoms with van der Waals surface area (Å²) in [5, 5.41) is 8.81. The van der Waals surface area contributed by atoms with E-state index in [9.17, 15) is 18.0 Å². The number of anilines is 1. The highest BCUT2D eigenvalue weighted by atomic mass is 32.2. The fraction of sp³-hybridized carbons (Fsp3) is 0.300. The van der Waals surface area contributed by atoms with E-state index in [1.165, 1.54) is 26.2 Å². The Kier molecular flexibility index (Phi) is 5.63. The number of benzene rings is 2. The minimum Gasteiger partial charge on any atom is -0.497 e. The quantitative estimate of drug-likeness (QED) is 0.446. The molecule has 1 unspecified atom stereocenters. The lowest BCUT2D eigenvalue weighted by molar-refractivity contribution is -0.134. The maximum absolute atomic E-state index is 12.5. The molecule has 2 atom stereocenters. The van der Waals surface area contributed by atoms with E-state index >= 15 is 0 Å². The molecule has 0 heterocycles. The first-order valence-electron chi connectivity index (χ1n) is 8.92. The van der Waals surface area contributed by atoms with Gasteiger partial charge in [-0.2, -0.15) is 0 Å². The molecule has 8 nitrogen and oxygen atoms in total. The molecule has 154 valence electrons. The summed E-state index contributed by atoms with van der Waals surface area (Å²) in [7, 11) is -2.25. The molecular weight excluding hydrogens is 396 g/mol. The van der Waals surface area contributed by atoms with Crippen LogP contribution in [0.4, 0.5) is 5.69 Å². The average Bonchev–Trinajstić information content (AvgIpc) is 3.44. The number of sulfonamides is 1. The van der Waals surface area contributed by atoms with Gasteiger partial charge in [0, 0.05) is 11.1 Å². The van der Waals surface area contributed by atoms with E-state index in [1.54, 1.807) is 41.9 Å². The predicted octanol–water partition coefficient (Wildman–Crippen LogP) is 2.14. The Labute approximate surface area is 168 Å². The summed E-state index contributed by atoms with van der Waals surface area (Å²) in [6.45, 7) is 1.43. The summed E-state index contributed by atoms with van der Waals surface area (Å²) in [5.41, 5.74) is 1.95. The van der Waals surface area contributed by atoms with Gasteiger partial charge in [0.05, 0.1) is 17.9 Å². The minimum atomic E-state index is -3.75. The van der Waals surface area contributed by atoms with Gasteiger partial charge >= 0.3 is 0 Å². The molecule has 2 aromatic rings. The number of carbonyl (C=O) groups excluding carboxylic acids is 2. The van der Waals surface area contributed by atoms with Crippen molar-refractivity contribution in [2.45, 2.75) is 24.7 Å². The molecule has 1 amide bonds. The molecular formula is C20H22N2O6S. The van der Waals surface area contributed by atoms with E-state index in [0.717, 1.165) is 5.56 Å². The second-order valence-corrected chi connectivity index (χ2v) is 8.78. The fourth-order valence-corrected chi connectivity index (χ4v) is 4.52. The third-order valence-electron chi connectivity index (χ3n) is 5.30. The molecule has 0 aromatic heterocycles. The van der Waals surface area contributed by atoms with Crippen molar-refractivity contribution in [3.05, 3.63) is 54.1 Å². The first-order chi connectivity index (χ1) is 13.7. The van der Waals surface area contributed by atoms with Gasteiger partial charge in [-0.1, -0.05) is 12.1 Å². The molecule has 0 bridgehead atoms. The van der Waals surface area contributed by atoms with Crippen molar-refractivity contribution in [3.8, 4) is 5.75 Å². The number of Topliss-reactive ketones (excluding diaryl/α,β-unsaturated/α-hetero) is 1. The molecule has 0 spiro atoms. The number of nitrogens with one attached hydrogen (secondary N) is 2. The Morgan fingerprint density at radius 3 is 2.28 bits per heavy atom. The molecule has 1 aliphatic carbocycles. The monoisotopic (exact) mass is 418 g/mol. The zero-order chi connectivity index (χ0) is 21.2. The third-order valence-corrected chi connectivity index (χ3v) is 6.70. The van der Waals surface area contributed by atoms with Crippen LogP contribution in [0.1, 0.15) is 18.9 Å². The van der Waals surface area contributed by atoms with Crippen LogP contribution >= 0.6 is 0 Å². The number of amides is 1. The molecule has 1 saturated carbocycles. The van der Waals surface area contributed by atoms with Gasteiger partial charge in [0.1, 0.15) is 11.5 Å². The van der Waals surface area contributed by atoms with Crippen LogP contribution in [-0.4, -0.2) is 32.4 Å². The van der Waals surface area contributed by atoms with Crippen molar-refractivity contribution in [1.82, 2.24) is 5.48 Å². The lowest BCUT2D eigenvalue weighted by atomic mass is 9.90. The van der Waals surface area contributed by atoms with Crippen LogP contribution in [0.25, 0.3) is 0 Å². The van der Waals surface area contributed by atoms with Crippen molar-refractivity contribution in [2.24, 2.45) is 11.3 Å². The largest absolute Gasteiger partial charge is 0.497 e. The summed E-state index contributed by atoms with van der Waals surface area (Å²) < 4.78 is 32.5. The Hall–Kier alpha value is -2.91. The minimum absolute atomic E-state index is 0.105. The van der Waals surface area contributed by atoms with E-state index in [0.29, 0.717) is 24.3 Å². The first kappa shape index (κ1) is 20.8. The van der Waals surface area contributed by atoms with Crippen molar-refractivity contribution in [1.29, 1.82) is 0 Å². The van der Waals surface area contributed by atoms with E-state index in [-0.39, 0.29) is 10.7 Å². The van der Waals surface area contributed by atoms with Gasteiger partial charge in [0.15, 0.2) is 0 Å². The summed E-state index contributed by atoms with van der Waals surface area (Å²) >= 11 is 0. The lowest BCUT2D eigenvalue weighted by Crippen LogP contribution is -2.28. The van der Waals surface area contributed by atoms with Crippen LogP contribution in [0.2, 0.25) is 0 Å². The van der Waals surface area contributed by atoms with E-state index in [2.05, 4.69) is 4.72 Å². The zero-order valence-corrected chi connectivity index (χ0v) is 16.8. The predicted molar refractivity (Wildman–Crippen MR) is 105 cm³/mol. The summed E-state index contributed by atoms with van der Waals surface area (Å²) in [6.07, 6.45) is 0.715. The van der Waals surface area contributed by atoms with Crippen LogP contribution in [0.3, 0.4) is 0 Å². The second kappa shape index (κ2) is 7.84. The van der Waals surface area contributed by atoms with Gasteiger partial charge in [0.25, 0.3) is 10.0 Å². The number of rotatable bonds is 8. The normalized spacial score (nSPS) is 20.6. The molecule has 0 saturated heterocycles. The molecule has 3 rings (SSSR count). The number of carbonyl (C=O) groups is 2. The Bertz CT molecular complexity index is 1020. The molecule has 9 heteroatoms. The first-order valence-corrected chi connectivity index (χ1v) is 10.4. The third kappa shape index (κ3) is 4.25. The molecule has 0 aliphatic heterocycles. The topological polar surface area (TPSA) is 122 Å². The Balaban J connectivity index is 1.71. The number of methoxy groups -OCH3 is 1. The molecule has 0 radical (unpaired) electrons. The zero-order valence-electron chi connectivity index (χ0n) is 16.0. The van der Waals surface area contributed by atoms with Gasteiger partial charge in [0.2, 0.25) is 5.91 Å². The number of hydrogen-bond acceptors (Lipinski definition) is 6. The molecule has 3 N–H and O–H groups in total. The van der Waals surface area contributed by atoms with Crippen molar-refractivity contribution < 1.29 is 28.0 Å². The highest BCUT2D eigenvalue weighted by Gasteiger charge is 2.61. The number of hydrogen-bond donors (Lipinski definition) is 3. The van der Waals surface area contributed by atoms with Crippen LogP contribution in [0, 0.1) is 11.3 Å². The summed E-state index contributed by atoms with van der Waals surface area (Å²) in [4.78, 5) is 23.8. The highest BCUT2D eigenvalue weighted by Crippen LogP contribution is 2.55. The number of ketones is 1. The fourth-order valence-electron chi connectivity index (χ4n) is 3.46. The smallest absolute Gasteiger partial charge is 0.261 e. The van der Waals surface area contributed by atoms with Gasteiger partial charge in [-0.15, -0.1) is 0 Å². The van der Waals surface area contributed by atoms with Gasteiger partial charge in [-0.05, 0) is 61.7 Å². The lowest BCUT2D eigenvalue weighted by Gasteiger charge is -2.14. The van der Waals surface area contributed by atoms with Crippen LogP contribution in [-0.2, 0) is 26.0 Å². The summed E-state index contributed by atoms with van der Waals surface area (Å²) in [5.74, 6) is -0.682. The van der Waals surface area contributed by atoms with E-state index in [1.807, 2.05) is 0 Å². The van der Waals surface area contributed by atoms with Crippen LogP contribution < -0.4 is 14.9 Å². The van der Waals surface area contributed by atoms with Crippen molar-refractivity contribution in [2.75, 3.05) is 11.8 Å². The molecule has 1 aliphatic rings. The van der Waals surface area contributed by atoms with Crippen molar-refractivity contribution in [3.63, 3.8) is 0 Å².